The molecule has 19 atom stereocenters. The van der Waals surface area contributed by atoms with Gasteiger partial charge >= 0.3 is 30.8 Å². The van der Waals surface area contributed by atoms with E-state index in [4.69, 9.17) is 74.0 Å². The van der Waals surface area contributed by atoms with Crippen LogP contribution in [0.2, 0.25) is 0 Å². The highest BCUT2D eigenvalue weighted by Gasteiger charge is 2.55. The fraction of sp³-hybridized carbons (Fsp3) is 0.524. The summed E-state index contributed by atoms with van der Waals surface area (Å²) in [5.41, 5.74) is 24.1. The van der Waals surface area contributed by atoms with Gasteiger partial charge in [0.25, 0.3) is 0 Å². The van der Waals surface area contributed by atoms with E-state index in [2.05, 4.69) is 59.8 Å². The Labute approximate surface area is 505 Å². The van der Waals surface area contributed by atoms with Gasteiger partial charge in [-0.15, -0.1) is 0 Å². The maximum atomic E-state index is 14.1. The molecule has 18 N–H and O–H groups in total. The molecule has 4 aliphatic rings. The fourth-order valence-electron chi connectivity index (χ4n) is 10.4. The van der Waals surface area contributed by atoms with E-state index in [1.54, 1.807) is 0 Å². The zero-order valence-electron chi connectivity index (χ0n) is 45.9. The maximum Gasteiger partial charge on any atom is 0.472 e. The first-order valence-corrected chi connectivity index (χ1v) is 33.0. The highest BCUT2D eigenvalue weighted by Crippen LogP contribution is 2.54. The number of nitrogens with zero attached hydrogens (tertiary/aromatic N) is 16. The number of nitrogen functional groups attached to an aromatic ring is 4. The highest BCUT2D eigenvalue weighted by molar-refractivity contribution is 7.52. The molecule has 45 nitrogen and oxygen atoms in total. The average Bonchev–Trinajstić information content (AvgIpc) is 1.66. The van der Waals surface area contributed by atoms with E-state index < -0.39 is 168 Å². The topological polar surface area (TPSA) is 651 Å². The van der Waals surface area contributed by atoms with Crippen LogP contribution in [0.25, 0.3) is 44.7 Å². The Bertz CT molecular complexity index is 4190. The smallest absolute Gasteiger partial charge is 0.387 e. The first-order chi connectivity index (χ1) is 43.2. The van der Waals surface area contributed by atoms with Crippen molar-refractivity contribution in [3.63, 3.8) is 0 Å². The molecule has 4 fully saturated rings. The summed E-state index contributed by atoms with van der Waals surface area (Å²) in [6.45, 7) is -3.47. The quantitative estimate of drug-likeness (QED) is 0.0255. The Hall–Kier alpha value is -6.52. The van der Waals surface area contributed by atoms with Gasteiger partial charge in [-0.25, -0.2) is 68.9 Å². The second-order valence-electron chi connectivity index (χ2n) is 20.6. The van der Waals surface area contributed by atoms with Gasteiger partial charge in [-0.05, 0) is 0 Å². The van der Waals surface area contributed by atoms with Crippen LogP contribution < -0.4 is 22.9 Å². The minimum absolute atomic E-state index is 0.00197. The van der Waals surface area contributed by atoms with Crippen molar-refractivity contribution >= 4 is 98.8 Å². The summed E-state index contributed by atoms with van der Waals surface area (Å²) < 4.78 is 120. The number of rotatable bonds is 24. The summed E-state index contributed by atoms with van der Waals surface area (Å²) in [4.78, 5) is 101. The summed E-state index contributed by atoms with van der Waals surface area (Å²) in [6, 6.07) is 0. The number of fused-ring (bicyclic) bond motifs is 4. The molecule has 4 saturated heterocycles. The first-order valence-electron chi connectivity index (χ1n) is 26.4. The molecule has 0 bridgehead atoms. The van der Waals surface area contributed by atoms with Crippen molar-refractivity contribution in [2.75, 3.05) is 62.1 Å². The van der Waals surface area contributed by atoms with Gasteiger partial charge in [-0.1, -0.05) is 0 Å². The number of phosphoric acid groups is 2. The van der Waals surface area contributed by atoms with Crippen LogP contribution in [0.15, 0.2) is 50.6 Å². The van der Waals surface area contributed by atoms with Gasteiger partial charge < -0.3 is 101 Å². The van der Waals surface area contributed by atoms with Crippen LogP contribution in [0.4, 0.5) is 23.3 Å². The molecule has 12 heterocycles. The number of nitrogens with two attached hydrogens (primary N) is 4. The SMILES string of the molecule is Nc1ncnc2c1ncn2[C@@H]1O[C@H](COP(=O)(O)O[C@@H]2[C@H](O)[C@@H](COP(=O)(O)O[C@@H]3[C@H](O)[C@@H](COCP(=O)(O)O[C@@H]4[C@H](O)[C@@H](COCP(=O)(O)O)O[C@H]4n4cnc5c(N)ncnc54)O[C@H]3n3cnc4c(N)ncnc43)O[C@H]2n2cnc3c(N)ncnc32)[C@@H](O)[C@H]1O. The molecule has 8 aromatic heterocycles. The zero-order chi connectivity index (χ0) is 64.6. The molecule has 0 spiro atoms. The molecule has 4 aliphatic heterocycles. The molecule has 91 heavy (non-hydrogen) atoms. The van der Waals surface area contributed by atoms with Crippen molar-refractivity contribution in [3.05, 3.63) is 50.6 Å². The second-order valence-corrected chi connectivity index (χ2v) is 26.7. The van der Waals surface area contributed by atoms with E-state index in [0.717, 1.165) is 53.4 Å². The zero-order valence-corrected chi connectivity index (χ0v) is 49.5. The van der Waals surface area contributed by atoms with Crippen molar-refractivity contribution in [2.24, 2.45) is 0 Å². The molecule has 3 unspecified atom stereocenters. The van der Waals surface area contributed by atoms with Crippen LogP contribution in [0.5, 0.6) is 0 Å². The third-order valence-corrected chi connectivity index (χ3v) is 18.2. The average molecular weight is 1360 g/mol. The van der Waals surface area contributed by atoms with E-state index in [-0.39, 0.29) is 67.9 Å². The van der Waals surface area contributed by atoms with E-state index in [1.165, 1.54) is 15.5 Å². The molecule has 12 rings (SSSR count). The molecule has 492 valence electrons. The molecule has 0 radical (unpaired) electrons. The van der Waals surface area contributed by atoms with Crippen molar-refractivity contribution in [1.82, 2.24) is 78.1 Å². The summed E-state index contributed by atoms with van der Waals surface area (Å²) in [5.74, 6) is -0.297. The van der Waals surface area contributed by atoms with Crippen LogP contribution in [0, 0.1) is 0 Å². The number of phosphoric ester groups is 2. The Morgan fingerprint density at radius 1 is 0.396 bits per heavy atom. The van der Waals surface area contributed by atoms with Gasteiger partial charge in [-0.3, -0.25) is 50.0 Å². The van der Waals surface area contributed by atoms with Crippen LogP contribution in [-0.4, -0.2) is 240 Å². The lowest BCUT2D eigenvalue weighted by molar-refractivity contribution is -0.0675. The molecule has 8 aromatic rings. The number of ether oxygens (including phenoxy) is 6. The lowest BCUT2D eigenvalue weighted by Crippen LogP contribution is -2.37. The third kappa shape index (κ3) is 13.0. The van der Waals surface area contributed by atoms with Gasteiger partial charge in [-0.2, -0.15) is 0 Å². The lowest BCUT2D eigenvalue weighted by Gasteiger charge is -2.25. The molecule has 49 heteroatoms. The number of aromatic nitrogens is 16. The first kappa shape index (κ1) is 64.6. The Kier molecular flexibility index (Phi) is 17.8. The summed E-state index contributed by atoms with van der Waals surface area (Å²) in [5, 5.41) is 56.9. The second kappa shape index (κ2) is 25.1. The number of aliphatic hydroxyl groups is 5. The molecule has 0 saturated carbocycles. The predicted octanol–water partition coefficient (Wildman–Crippen LogP) is -4.23. The third-order valence-electron chi connectivity index (χ3n) is 14.6. The van der Waals surface area contributed by atoms with E-state index in [9.17, 15) is 68.3 Å². The molecule has 0 aromatic carbocycles. The van der Waals surface area contributed by atoms with E-state index >= 15 is 0 Å². The lowest BCUT2D eigenvalue weighted by atomic mass is 10.1. The number of hydrogen-bond donors (Lipinski definition) is 14. The summed E-state index contributed by atoms with van der Waals surface area (Å²) >= 11 is 0. The van der Waals surface area contributed by atoms with Gasteiger partial charge in [0.1, 0.15) is 133 Å². The van der Waals surface area contributed by atoms with Gasteiger partial charge in [0.05, 0.1) is 51.7 Å². The van der Waals surface area contributed by atoms with Gasteiger partial charge in [0.2, 0.25) is 0 Å². The van der Waals surface area contributed by atoms with Crippen molar-refractivity contribution < 1.29 is 119 Å². The summed E-state index contributed by atoms with van der Waals surface area (Å²) in [6.07, 6.45) is -21.1. The summed E-state index contributed by atoms with van der Waals surface area (Å²) in [7, 11) is -20.8. The molecular formula is C42H54N20O25P4. The Morgan fingerprint density at radius 2 is 0.703 bits per heavy atom. The number of hydrogen-bond acceptors (Lipinski definition) is 36. The van der Waals surface area contributed by atoms with Crippen molar-refractivity contribution in [1.29, 1.82) is 0 Å². The van der Waals surface area contributed by atoms with E-state index in [0.29, 0.717) is 0 Å². The standard InChI is InChI=1S/C42H54N20O25P4/c43-31-19-35(51-5-47-31)59(9-55-19)39-27(67)23(63)17(81-39)3-79-90(73,74)87-30-26(66)18(84-42(30)62-12-58-22-34(46)50-8-54-38(22)62)4-80-91(75,76)86-29-25(65)16(83-41(29)61-11-57-21-33(45)49-7-53-37(21)61)2-78-14-89(71,72)85-28-24(64)15(1-77-13-88(68,69)70)82-40(28)60-10-56-20-32(44)48-6-52-36(20)60/h5-12,15-18,23-30,39-42,63-67H,1-4,13-14H2,(H,71,72)(H,73,74)(H,75,76)(H2,43,47,51)(H2,44,48,52)(H2,45,49,53)(H2,46,50,54)(H2,68,69,70)/t15-,16-,17-,18-,23-,24-,25-,26-,27-,28-,29-,30-,39-,40-,41-,42-/m1/s1. The van der Waals surface area contributed by atoms with Crippen LogP contribution in [0.1, 0.15) is 24.9 Å². The fourth-order valence-corrected chi connectivity index (χ4v) is 13.6. The molecular weight excluding hydrogens is 1310 g/mol. The Morgan fingerprint density at radius 3 is 1.07 bits per heavy atom. The van der Waals surface area contributed by atoms with Crippen molar-refractivity contribution in [3.8, 4) is 0 Å². The highest BCUT2D eigenvalue weighted by atomic mass is 31.2. The number of anilines is 4. The number of imidazole rings is 4. The number of aliphatic hydroxyl groups excluding tert-OH is 5. The maximum absolute atomic E-state index is 14.1. The molecule has 0 aliphatic carbocycles. The van der Waals surface area contributed by atoms with Crippen LogP contribution in [0.3, 0.4) is 0 Å². The largest absolute Gasteiger partial charge is 0.472 e. The normalized spacial score (nSPS) is 30.9. The molecule has 0 amide bonds. The monoisotopic (exact) mass is 1360 g/mol. The van der Waals surface area contributed by atoms with Crippen LogP contribution in [-0.2, 0) is 69.3 Å². The van der Waals surface area contributed by atoms with E-state index in [1.807, 2.05) is 0 Å². The van der Waals surface area contributed by atoms with Crippen molar-refractivity contribution in [2.45, 2.75) is 98.2 Å². The minimum atomic E-state index is -5.57. The predicted molar refractivity (Wildman–Crippen MR) is 294 cm³/mol. The van der Waals surface area contributed by atoms with Gasteiger partial charge in [0, 0.05) is 0 Å². The van der Waals surface area contributed by atoms with Gasteiger partial charge in [0.15, 0.2) is 70.8 Å². The Balaban J connectivity index is 0.733. The van der Waals surface area contributed by atoms with Crippen LogP contribution >= 0.6 is 30.8 Å². The minimum Gasteiger partial charge on any atom is -0.387 e.